The number of hydrogen-bond acceptors (Lipinski definition) is 4. The van der Waals surface area contributed by atoms with Crippen molar-refractivity contribution in [2.45, 2.75) is 26.7 Å². The van der Waals surface area contributed by atoms with E-state index in [9.17, 15) is 4.79 Å². The Morgan fingerprint density at radius 2 is 1.96 bits per heavy atom. The highest BCUT2D eigenvalue weighted by molar-refractivity contribution is 7.80. The number of carbonyl (C=O) groups is 1. The fraction of sp³-hybridized carbons (Fsp3) is 0.278. The largest absolute Gasteiger partial charge is 0.494 e. The van der Waals surface area contributed by atoms with Crippen LogP contribution in [0.3, 0.4) is 0 Å². The maximum absolute atomic E-state index is 12.2. The van der Waals surface area contributed by atoms with Gasteiger partial charge in [0.05, 0.1) is 6.61 Å². The van der Waals surface area contributed by atoms with Crippen molar-refractivity contribution in [3.05, 3.63) is 53.7 Å². The second kappa shape index (κ2) is 8.98. The van der Waals surface area contributed by atoms with Gasteiger partial charge < -0.3 is 10.1 Å². The van der Waals surface area contributed by atoms with Crippen molar-refractivity contribution in [1.29, 1.82) is 0 Å². The lowest BCUT2D eigenvalue weighted by molar-refractivity contribution is 0.0977. The molecule has 0 spiro atoms. The summed E-state index contributed by atoms with van der Waals surface area (Å²) in [5.41, 5.74) is 1.38. The summed E-state index contributed by atoms with van der Waals surface area (Å²) in [6.07, 6.45) is 2.09. The number of amides is 1. The van der Waals surface area contributed by atoms with Crippen LogP contribution in [0.2, 0.25) is 0 Å². The minimum Gasteiger partial charge on any atom is -0.494 e. The molecule has 0 atom stereocenters. The van der Waals surface area contributed by atoms with Crippen LogP contribution in [0, 0.1) is 6.92 Å². The van der Waals surface area contributed by atoms with Crippen LogP contribution in [-0.2, 0) is 0 Å². The number of carbonyl (C=O) groups excluding carboxylic acids is 1. The highest BCUT2D eigenvalue weighted by Gasteiger charge is 2.08. The molecule has 5 nitrogen and oxygen atoms in total. The van der Waals surface area contributed by atoms with Crippen molar-refractivity contribution in [3.63, 3.8) is 0 Å². The van der Waals surface area contributed by atoms with Crippen LogP contribution >= 0.6 is 12.2 Å². The number of nitrogens with zero attached hydrogens (tertiary/aromatic N) is 1. The minimum atomic E-state index is -0.278. The number of ether oxygens (including phenoxy) is 1. The molecule has 0 radical (unpaired) electrons. The molecule has 1 heterocycles. The highest BCUT2D eigenvalue weighted by Crippen LogP contribution is 2.13. The van der Waals surface area contributed by atoms with E-state index in [4.69, 9.17) is 17.0 Å². The zero-order valence-corrected chi connectivity index (χ0v) is 14.7. The summed E-state index contributed by atoms with van der Waals surface area (Å²) in [5.74, 6) is 1.07. The molecule has 0 aliphatic heterocycles. The van der Waals surface area contributed by atoms with Crippen molar-refractivity contribution < 1.29 is 9.53 Å². The average molecular weight is 343 g/mol. The molecule has 1 amide bonds. The first-order valence-corrected chi connectivity index (χ1v) is 8.28. The Labute approximate surface area is 147 Å². The number of hydrogen-bond donors (Lipinski definition) is 2. The van der Waals surface area contributed by atoms with E-state index < -0.39 is 0 Å². The molecule has 0 aliphatic rings. The molecule has 1 aromatic heterocycles. The maximum atomic E-state index is 12.2. The van der Waals surface area contributed by atoms with Gasteiger partial charge in [-0.05, 0) is 62.0 Å². The zero-order valence-electron chi connectivity index (χ0n) is 13.8. The number of anilines is 1. The lowest BCUT2D eigenvalue weighted by atomic mass is 10.2. The first kappa shape index (κ1) is 17.9. The molecule has 0 aliphatic carbocycles. The van der Waals surface area contributed by atoms with Gasteiger partial charge in [0.15, 0.2) is 5.11 Å². The Hall–Kier alpha value is -2.47. The molecule has 2 rings (SSSR count). The van der Waals surface area contributed by atoms with Gasteiger partial charge in [-0.1, -0.05) is 19.4 Å². The minimum absolute atomic E-state index is 0.210. The molecule has 1 aromatic carbocycles. The van der Waals surface area contributed by atoms with Crippen molar-refractivity contribution in [1.82, 2.24) is 10.3 Å². The van der Waals surface area contributed by atoms with Crippen LogP contribution in [0.5, 0.6) is 5.75 Å². The molecule has 0 unspecified atom stereocenters. The van der Waals surface area contributed by atoms with E-state index in [0.717, 1.165) is 24.3 Å². The molecule has 2 aromatic rings. The second-order valence-corrected chi connectivity index (χ2v) is 5.71. The number of aryl methyl sites for hydroxylation is 1. The topological polar surface area (TPSA) is 63.2 Å². The van der Waals surface area contributed by atoms with E-state index in [-0.39, 0.29) is 11.0 Å². The number of nitrogens with one attached hydrogen (secondary N) is 2. The summed E-state index contributed by atoms with van der Waals surface area (Å²) >= 11 is 5.14. The molecule has 0 saturated heterocycles. The molecule has 0 saturated carbocycles. The van der Waals surface area contributed by atoms with E-state index in [0.29, 0.717) is 18.0 Å². The van der Waals surface area contributed by atoms with Crippen LogP contribution in [0.15, 0.2) is 42.5 Å². The van der Waals surface area contributed by atoms with Crippen LogP contribution < -0.4 is 15.4 Å². The van der Waals surface area contributed by atoms with E-state index in [1.54, 1.807) is 30.3 Å². The third-order valence-electron chi connectivity index (χ3n) is 3.24. The fourth-order valence-corrected chi connectivity index (χ4v) is 2.17. The van der Waals surface area contributed by atoms with E-state index in [2.05, 4.69) is 22.5 Å². The summed E-state index contributed by atoms with van der Waals surface area (Å²) in [6, 6.07) is 12.5. The first-order valence-electron chi connectivity index (χ1n) is 7.87. The highest BCUT2D eigenvalue weighted by atomic mass is 32.1. The van der Waals surface area contributed by atoms with E-state index in [1.165, 1.54) is 0 Å². The molecule has 0 bridgehead atoms. The van der Waals surface area contributed by atoms with Gasteiger partial charge in [0.2, 0.25) is 0 Å². The molecule has 6 heteroatoms. The summed E-state index contributed by atoms with van der Waals surface area (Å²) in [4.78, 5) is 16.5. The van der Waals surface area contributed by atoms with Crippen molar-refractivity contribution in [2.24, 2.45) is 0 Å². The summed E-state index contributed by atoms with van der Waals surface area (Å²) in [6.45, 7) is 4.68. The number of rotatable bonds is 6. The molecule has 2 N–H and O–H groups in total. The smallest absolute Gasteiger partial charge is 0.257 e. The number of aromatic nitrogens is 1. The predicted molar refractivity (Wildman–Crippen MR) is 99.5 cm³/mol. The maximum Gasteiger partial charge on any atom is 0.257 e. The summed E-state index contributed by atoms with van der Waals surface area (Å²) in [5, 5.41) is 5.74. The van der Waals surface area contributed by atoms with Gasteiger partial charge in [0.1, 0.15) is 11.6 Å². The summed E-state index contributed by atoms with van der Waals surface area (Å²) in [7, 11) is 0. The quantitative estimate of drug-likeness (QED) is 0.618. The van der Waals surface area contributed by atoms with Gasteiger partial charge in [-0.25, -0.2) is 4.98 Å². The Bertz CT molecular complexity index is 702. The molecule has 126 valence electrons. The third kappa shape index (κ3) is 5.62. The van der Waals surface area contributed by atoms with Crippen molar-refractivity contribution in [3.8, 4) is 5.75 Å². The van der Waals surface area contributed by atoms with Crippen LogP contribution in [-0.4, -0.2) is 22.6 Å². The average Bonchev–Trinajstić information content (AvgIpc) is 2.55. The number of benzene rings is 1. The Kier molecular flexibility index (Phi) is 6.69. The lowest BCUT2D eigenvalue weighted by Gasteiger charge is -2.10. The molecular formula is C18H21N3O2S. The predicted octanol–water partition coefficient (Wildman–Crippen LogP) is 3.70. The third-order valence-corrected chi connectivity index (χ3v) is 3.44. The monoisotopic (exact) mass is 343 g/mol. The fourth-order valence-electron chi connectivity index (χ4n) is 1.97. The number of pyridine rings is 1. The van der Waals surface area contributed by atoms with Gasteiger partial charge in [-0.15, -0.1) is 0 Å². The lowest BCUT2D eigenvalue weighted by Crippen LogP contribution is -2.34. The van der Waals surface area contributed by atoms with Crippen LogP contribution in [0.4, 0.5) is 5.82 Å². The summed E-state index contributed by atoms with van der Waals surface area (Å²) < 4.78 is 5.57. The van der Waals surface area contributed by atoms with Crippen LogP contribution in [0.1, 0.15) is 35.8 Å². The normalized spacial score (nSPS) is 10.1. The van der Waals surface area contributed by atoms with E-state index in [1.807, 2.05) is 19.1 Å². The van der Waals surface area contributed by atoms with Crippen molar-refractivity contribution >= 4 is 29.1 Å². The molecule has 24 heavy (non-hydrogen) atoms. The van der Waals surface area contributed by atoms with Crippen molar-refractivity contribution in [2.75, 3.05) is 11.9 Å². The number of unbranched alkanes of at least 4 members (excludes halogenated alkanes) is 1. The van der Waals surface area contributed by atoms with Gasteiger partial charge >= 0.3 is 0 Å². The second-order valence-electron chi connectivity index (χ2n) is 5.30. The Morgan fingerprint density at radius 3 is 2.62 bits per heavy atom. The molecular weight excluding hydrogens is 322 g/mol. The van der Waals surface area contributed by atoms with Gasteiger partial charge in [-0.2, -0.15) is 0 Å². The Morgan fingerprint density at radius 1 is 1.21 bits per heavy atom. The van der Waals surface area contributed by atoms with Crippen LogP contribution in [0.25, 0.3) is 0 Å². The zero-order chi connectivity index (χ0) is 17.4. The van der Waals surface area contributed by atoms with Gasteiger partial charge in [-0.3, -0.25) is 10.1 Å². The van der Waals surface area contributed by atoms with E-state index >= 15 is 0 Å². The number of thiocarbonyl (C=S) groups is 1. The van der Waals surface area contributed by atoms with Gasteiger partial charge in [0, 0.05) is 11.3 Å². The first-order chi connectivity index (χ1) is 11.6. The SMILES string of the molecule is CCCCOc1ccc(C(=O)NC(=S)Nc2cccc(C)n2)cc1. The van der Waals surface area contributed by atoms with Gasteiger partial charge in [0.25, 0.3) is 5.91 Å². The standard InChI is InChI=1S/C18H21N3O2S/c1-3-4-12-23-15-10-8-14(9-11-15)17(22)21-18(24)20-16-7-5-6-13(2)19-16/h5-11H,3-4,12H2,1-2H3,(H2,19,20,21,22,24). The Balaban J connectivity index is 1.88. The molecule has 0 fully saturated rings.